The maximum atomic E-state index is 13.5. The summed E-state index contributed by atoms with van der Waals surface area (Å²) >= 11 is 0. The van der Waals surface area contributed by atoms with Crippen molar-refractivity contribution in [2.45, 2.75) is 49.7 Å². The van der Waals surface area contributed by atoms with Gasteiger partial charge in [0.05, 0.1) is 14.2 Å². The number of ether oxygens (including phenoxy) is 2. The van der Waals surface area contributed by atoms with Gasteiger partial charge in [-0.2, -0.15) is 0 Å². The van der Waals surface area contributed by atoms with Gasteiger partial charge in [0.2, 0.25) is 0 Å². The van der Waals surface area contributed by atoms with Crippen LogP contribution >= 0.6 is 0 Å². The molecule has 7 nitrogen and oxygen atoms in total. The van der Waals surface area contributed by atoms with E-state index in [1.165, 1.54) is 25.2 Å². The van der Waals surface area contributed by atoms with Crippen molar-refractivity contribution >= 4 is 18.0 Å². The van der Waals surface area contributed by atoms with Crippen LogP contribution < -0.4 is 0 Å². The molecule has 0 aromatic rings. The standard InChI is InChI=1S/C18H26N2O5/c1-5-8-13-9-10-14(15(21)24-3)20(13)16(22)18(6-2)11-7-12-19(18)17(23)25-4/h5-6,13-14H,1-2,7-12H2,3-4H3/t13-,14+,18-/m1/s1. The summed E-state index contributed by atoms with van der Waals surface area (Å²) in [5.74, 6) is -0.744. The number of carbonyl (C=O) groups excluding carboxylic acids is 3. The highest BCUT2D eigenvalue weighted by molar-refractivity contribution is 5.95. The Morgan fingerprint density at radius 3 is 2.48 bits per heavy atom. The first-order valence-corrected chi connectivity index (χ1v) is 8.47. The van der Waals surface area contributed by atoms with Gasteiger partial charge >= 0.3 is 12.1 Å². The largest absolute Gasteiger partial charge is 0.467 e. The van der Waals surface area contributed by atoms with E-state index in [1.807, 2.05) is 0 Å². The lowest BCUT2D eigenvalue weighted by molar-refractivity contribution is -0.155. The summed E-state index contributed by atoms with van der Waals surface area (Å²) in [6.07, 6.45) is 5.57. The quantitative estimate of drug-likeness (QED) is 0.559. The van der Waals surface area contributed by atoms with Crippen LogP contribution in [0.3, 0.4) is 0 Å². The SMILES string of the molecule is C=CC[C@@H]1CC[C@@H](C(=O)OC)N1C(=O)[C@@]1(C=C)CCCN1C(=O)OC. The lowest BCUT2D eigenvalue weighted by Gasteiger charge is -2.40. The molecule has 2 saturated heterocycles. The van der Waals surface area contributed by atoms with Crippen LogP contribution in [0.25, 0.3) is 0 Å². The average molecular weight is 350 g/mol. The fourth-order valence-electron chi connectivity index (χ4n) is 3.93. The van der Waals surface area contributed by atoms with Gasteiger partial charge in [-0.25, -0.2) is 9.59 Å². The van der Waals surface area contributed by atoms with Crippen LogP contribution in [-0.4, -0.2) is 66.2 Å². The van der Waals surface area contributed by atoms with Crippen molar-refractivity contribution in [1.29, 1.82) is 0 Å². The summed E-state index contributed by atoms with van der Waals surface area (Å²) in [4.78, 5) is 40.8. The molecule has 0 aliphatic carbocycles. The van der Waals surface area contributed by atoms with Crippen molar-refractivity contribution in [3.05, 3.63) is 25.3 Å². The molecule has 0 N–H and O–H groups in total. The van der Waals surface area contributed by atoms with Gasteiger partial charge in [-0.3, -0.25) is 9.69 Å². The van der Waals surface area contributed by atoms with Crippen LogP contribution in [0.1, 0.15) is 32.1 Å². The zero-order valence-corrected chi connectivity index (χ0v) is 14.9. The number of rotatable bonds is 5. The fraction of sp³-hybridized carbons (Fsp3) is 0.611. The van der Waals surface area contributed by atoms with E-state index in [9.17, 15) is 14.4 Å². The van der Waals surface area contributed by atoms with Gasteiger partial charge in [-0.05, 0) is 32.1 Å². The van der Waals surface area contributed by atoms with Gasteiger partial charge < -0.3 is 14.4 Å². The number of likely N-dealkylation sites (tertiary alicyclic amines) is 2. The minimum absolute atomic E-state index is 0.147. The summed E-state index contributed by atoms with van der Waals surface area (Å²) in [6, 6.07) is -0.801. The third kappa shape index (κ3) is 3.15. The normalized spacial score (nSPS) is 28.6. The Labute approximate surface area is 148 Å². The first kappa shape index (κ1) is 19.0. The molecule has 2 aliphatic rings. The van der Waals surface area contributed by atoms with E-state index < -0.39 is 23.6 Å². The topological polar surface area (TPSA) is 76.2 Å². The molecular formula is C18H26N2O5. The molecule has 2 aliphatic heterocycles. The predicted octanol–water partition coefficient (Wildman–Crippen LogP) is 1.88. The minimum atomic E-state index is -1.19. The Morgan fingerprint density at radius 1 is 1.20 bits per heavy atom. The van der Waals surface area contributed by atoms with Gasteiger partial charge in [-0.1, -0.05) is 12.2 Å². The summed E-state index contributed by atoms with van der Waals surface area (Å²) in [7, 11) is 2.60. The number of carbonyl (C=O) groups is 3. The average Bonchev–Trinajstić information content (AvgIpc) is 3.25. The third-order valence-corrected chi connectivity index (χ3v) is 5.17. The van der Waals surface area contributed by atoms with E-state index in [4.69, 9.17) is 9.47 Å². The van der Waals surface area contributed by atoms with Crippen LogP contribution in [0.15, 0.2) is 25.3 Å². The van der Waals surface area contributed by atoms with Crippen molar-refractivity contribution in [2.24, 2.45) is 0 Å². The third-order valence-electron chi connectivity index (χ3n) is 5.17. The van der Waals surface area contributed by atoms with Crippen molar-refractivity contribution in [3.63, 3.8) is 0 Å². The Kier molecular flexibility index (Phi) is 5.87. The maximum absolute atomic E-state index is 13.5. The molecule has 2 amide bonds. The molecule has 0 bridgehead atoms. The molecule has 0 aromatic heterocycles. The number of hydrogen-bond acceptors (Lipinski definition) is 5. The molecule has 2 heterocycles. The lowest BCUT2D eigenvalue weighted by Crippen LogP contribution is -2.60. The molecule has 0 spiro atoms. The molecule has 0 radical (unpaired) electrons. The molecule has 138 valence electrons. The second-order valence-electron chi connectivity index (χ2n) is 6.36. The lowest BCUT2D eigenvalue weighted by atomic mass is 9.93. The van der Waals surface area contributed by atoms with E-state index in [0.717, 1.165) is 0 Å². The zero-order valence-electron chi connectivity index (χ0n) is 14.9. The molecule has 2 rings (SSSR count). The predicted molar refractivity (Wildman–Crippen MR) is 91.8 cm³/mol. The van der Waals surface area contributed by atoms with Crippen LogP contribution in [0.4, 0.5) is 4.79 Å². The molecule has 0 saturated carbocycles. The Hall–Kier alpha value is -2.31. The number of nitrogens with zero attached hydrogens (tertiary/aromatic N) is 2. The Morgan fingerprint density at radius 2 is 1.92 bits per heavy atom. The molecular weight excluding hydrogens is 324 g/mol. The summed E-state index contributed by atoms with van der Waals surface area (Å²) < 4.78 is 9.71. The molecule has 25 heavy (non-hydrogen) atoms. The summed E-state index contributed by atoms with van der Waals surface area (Å²) in [6.45, 7) is 7.95. The zero-order chi connectivity index (χ0) is 18.6. The smallest absolute Gasteiger partial charge is 0.410 e. The number of methoxy groups -OCH3 is 2. The number of esters is 1. The van der Waals surface area contributed by atoms with Crippen LogP contribution in [-0.2, 0) is 19.1 Å². The monoisotopic (exact) mass is 350 g/mol. The highest BCUT2D eigenvalue weighted by Crippen LogP contribution is 2.38. The highest BCUT2D eigenvalue weighted by atomic mass is 16.5. The number of amides is 2. The Bertz CT molecular complexity index is 576. The van der Waals surface area contributed by atoms with Gasteiger partial charge in [0.1, 0.15) is 11.6 Å². The summed E-state index contributed by atoms with van der Waals surface area (Å²) in [5, 5.41) is 0. The van der Waals surface area contributed by atoms with Crippen molar-refractivity contribution < 1.29 is 23.9 Å². The summed E-state index contributed by atoms with van der Waals surface area (Å²) in [5.41, 5.74) is -1.19. The van der Waals surface area contributed by atoms with Gasteiger partial charge in [0.15, 0.2) is 0 Å². The molecule has 0 aromatic carbocycles. The van der Waals surface area contributed by atoms with Crippen molar-refractivity contribution in [1.82, 2.24) is 9.80 Å². The van der Waals surface area contributed by atoms with Crippen LogP contribution in [0.2, 0.25) is 0 Å². The second-order valence-corrected chi connectivity index (χ2v) is 6.36. The first-order chi connectivity index (χ1) is 12.0. The molecule has 3 atom stereocenters. The van der Waals surface area contributed by atoms with E-state index in [0.29, 0.717) is 38.6 Å². The van der Waals surface area contributed by atoms with E-state index in [2.05, 4.69) is 13.2 Å². The highest BCUT2D eigenvalue weighted by Gasteiger charge is 2.54. The van der Waals surface area contributed by atoms with Crippen molar-refractivity contribution in [3.8, 4) is 0 Å². The number of hydrogen-bond donors (Lipinski definition) is 0. The van der Waals surface area contributed by atoms with Gasteiger partial charge in [0.25, 0.3) is 5.91 Å². The second kappa shape index (κ2) is 7.72. The van der Waals surface area contributed by atoms with Crippen molar-refractivity contribution in [2.75, 3.05) is 20.8 Å². The maximum Gasteiger partial charge on any atom is 0.410 e. The van der Waals surface area contributed by atoms with E-state index in [1.54, 1.807) is 11.0 Å². The van der Waals surface area contributed by atoms with Gasteiger partial charge in [0, 0.05) is 12.6 Å². The van der Waals surface area contributed by atoms with E-state index in [-0.39, 0.29) is 11.9 Å². The first-order valence-electron chi connectivity index (χ1n) is 8.47. The van der Waals surface area contributed by atoms with Crippen LogP contribution in [0, 0.1) is 0 Å². The van der Waals surface area contributed by atoms with Crippen LogP contribution in [0.5, 0.6) is 0 Å². The van der Waals surface area contributed by atoms with Gasteiger partial charge in [-0.15, -0.1) is 13.2 Å². The Balaban J connectivity index is 2.41. The minimum Gasteiger partial charge on any atom is -0.467 e. The molecule has 0 unspecified atom stereocenters. The van der Waals surface area contributed by atoms with E-state index >= 15 is 0 Å². The molecule has 2 fully saturated rings. The molecule has 7 heteroatoms. The fourth-order valence-corrected chi connectivity index (χ4v) is 3.93.